The van der Waals surface area contributed by atoms with E-state index in [0.29, 0.717) is 17.8 Å². The maximum Gasteiger partial charge on any atom is 0.0616 e. The molecule has 0 aromatic carbocycles. The van der Waals surface area contributed by atoms with Crippen molar-refractivity contribution >= 4 is 5.71 Å². The van der Waals surface area contributed by atoms with E-state index in [2.05, 4.69) is 29.5 Å². The highest BCUT2D eigenvalue weighted by atomic mass is 16.4. The highest BCUT2D eigenvalue weighted by molar-refractivity contribution is 5.93. The van der Waals surface area contributed by atoms with Crippen molar-refractivity contribution in [1.82, 2.24) is 0 Å². The van der Waals surface area contributed by atoms with Gasteiger partial charge in [0, 0.05) is 5.92 Å². The number of allylic oxidation sites excluding steroid dienone is 4. The van der Waals surface area contributed by atoms with E-state index in [9.17, 15) is 0 Å². The fraction of sp³-hybridized carbons (Fsp3) is 0.500. The summed E-state index contributed by atoms with van der Waals surface area (Å²) in [5, 5.41) is 12.1. The molecule has 0 aromatic rings. The zero-order chi connectivity index (χ0) is 8.13. The van der Waals surface area contributed by atoms with Gasteiger partial charge >= 0.3 is 0 Å². The lowest BCUT2D eigenvalue weighted by atomic mass is 10.0. The highest BCUT2D eigenvalue weighted by Gasteiger charge is 2.60. The molecule has 2 saturated carbocycles. The minimum atomic E-state index is 0.571. The molecule has 0 heterocycles. The van der Waals surface area contributed by atoms with E-state index in [-0.39, 0.29) is 0 Å². The molecule has 0 bridgehead atoms. The Balaban J connectivity index is 2.00. The van der Waals surface area contributed by atoms with Gasteiger partial charge in [-0.15, -0.1) is 0 Å². The average molecular weight is 161 g/mol. The van der Waals surface area contributed by atoms with Crippen LogP contribution < -0.4 is 0 Å². The highest BCUT2D eigenvalue weighted by Crippen LogP contribution is 2.60. The van der Waals surface area contributed by atoms with Crippen molar-refractivity contribution in [3.05, 3.63) is 24.3 Å². The predicted octanol–water partition coefficient (Wildman–Crippen LogP) is 1.82. The number of hydrogen-bond donors (Lipinski definition) is 1. The first-order chi connectivity index (χ1) is 5.92. The Morgan fingerprint density at radius 3 is 3.00 bits per heavy atom. The van der Waals surface area contributed by atoms with Crippen LogP contribution in [0.5, 0.6) is 0 Å². The van der Waals surface area contributed by atoms with Crippen LogP contribution in [-0.2, 0) is 0 Å². The van der Waals surface area contributed by atoms with Crippen LogP contribution in [0.3, 0.4) is 0 Å². The van der Waals surface area contributed by atoms with E-state index in [0.717, 1.165) is 18.1 Å². The molecule has 4 atom stereocenters. The van der Waals surface area contributed by atoms with E-state index in [4.69, 9.17) is 5.21 Å². The molecule has 62 valence electrons. The molecule has 2 heteroatoms. The quantitative estimate of drug-likeness (QED) is 0.426. The average Bonchev–Trinajstić information content (AvgIpc) is 2.69. The van der Waals surface area contributed by atoms with Gasteiger partial charge in [0.2, 0.25) is 0 Å². The Bertz CT molecular complexity index is 301. The van der Waals surface area contributed by atoms with Crippen LogP contribution >= 0.6 is 0 Å². The Kier molecular flexibility index (Phi) is 1.08. The smallest absolute Gasteiger partial charge is 0.0616 e. The van der Waals surface area contributed by atoms with Crippen molar-refractivity contribution in [3.63, 3.8) is 0 Å². The molecule has 3 rings (SSSR count). The molecule has 3 aliphatic rings. The summed E-state index contributed by atoms with van der Waals surface area (Å²) >= 11 is 0. The van der Waals surface area contributed by atoms with Crippen molar-refractivity contribution in [2.24, 2.45) is 28.8 Å². The first kappa shape index (κ1) is 6.46. The summed E-state index contributed by atoms with van der Waals surface area (Å²) in [4.78, 5) is 0. The minimum Gasteiger partial charge on any atom is -0.411 e. The molecular weight excluding hydrogens is 150 g/mol. The second kappa shape index (κ2) is 2.00. The molecule has 0 saturated heterocycles. The largest absolute Gasteiger partial charge is 0.411 e. The normalized spacial score (nSPS) is 50.8. The molecule has 0 amide bonds. The van der Waals surface area contributed by atoms with Gasteiger partial charge in [0.25, 0.3) is 0 Å². The van der Waals surface area contributed by atoms with Crippen LogP contribution in [-0.4, -0.2) is 10.9 Å². The maximum absolute atomic E-state index is 8.75. The SMILES string of the molecule is O/N=C1/C[C@H]2C=CC=C[C@@H]3[C@@H]1[C@@H]32. The molecule has 1 N–H and O–H groups in total. The Hall–Kier alpha value is -1.05. The summed E-state index contributed by atoms with van der Waals surface area (Å²) < 4.78 is 0. The molecule has 0 spiro atoms. The Morgan fingerprint density at radius 1 is 1.33 bits per heavy atom. The summed E-state index contributed by atoms with van der Waals surface area (Å²) in [7, 11) is 0. The third-order valence-corrected chi connectivity index (χ3v) is 3.39. The van der Waals surface area contributed by atoms with Crippen LogP contribution in [0.15, 0.2) is 29.5 Å². The first-order valence-electron chi connectivity index (χ1n) is 4.47. The summed E-state index contributed by atoms with van der Waals surface area (Å²) in [6.45, 7) is 0. The molecule has 12 heavy (non-hydrogen) atoms. The molecule has 0 unspecified atom stereocenters. The van der Waals surface area contributed by atoms with Gasteiger partial charge in [-0.2, -0.15) is 0 Å². The predicted molar refractivity (Wildman–Crippen MR) is 46.1 cm³/mol. The second-order valence-electron chi connectivity index (χ2n) is 3.91. The second-order valence-corrected chi connectivity index (χ2v) is 3.91. The fourth-order valence-corrected chi connectivity index (χ4v) is 2.82. The van der Waals surface area contributed by atoms with Crippen molar-refractivity contribution < 1.29 is 5.21 Å². The van der Waals surface area contributed by atoms with E-state index in [1.54, 1.807) is 0 Å². The lowest BCUT2D eigenvalue weighted by Gasteiger charge is -2.05. The number of hydrogen-bond acceptors (Lipinski definition) is 2. The van der Waals surface area contributed by atoms with Gasteiger partial charge in [0.05, 0.1) is 5.71 Å². The lowest BCUT2D eigenvalue weighted by Crippen LogP contribution is -2.03. The molecule has 0 radical (unpaired) electrons. The van der Waals surface area contributed by atoms with Crippen LogP contribution in [0.1, 0.15) is 6.42 Å². The van der Waals surface area contributed by atoms with Gasteiger partial charge in [0.15, 0.2) is 0 Å². The summed E-state index contributed by atoms with van der Waals surface area (Å²) in [6, 6.07) is 0. The molecule has 3 aliphatic carbocycles. The Morgan fingerprint density at radius 2 is 2.17 bits per heavy atom. The van der Waals surface area contributed by atoms with Gasteiger partial charge in [-0.3, -0.25) is 0 Å². The molecular formula is C10H11NO. The number of fused-ring (bicyclic) bond motifs is 1. The topological polar surface area (TPSA) is 32.6 Å². The van der Waals surface area contributed by atoms with Crippen LogP contribution in [0.2, 0.25) is 0 Å². The molecule has 2 nitrogen and oxygen atoms in total. The minimum absolute atomic E-state index is 0.571. The van der Waals surface area contributed by atoms with Gasteiger partial charge in [-0.25, -0.2) is 0 Å². The summed E-state index contributed by atoms with van der Waals surface area (Å²) in [5.41, 5.74) is 1.02. The van der Waals surface area contributed by atoms with Crippen molar-refractivity contribution in [2.75, 3.05) is 0 Å². The first-order valence-corrected chi connectivity index (χ1v) is 4.47. The summed E-state index contributed by atoms with van der Waals surface area (Å²) in [5.74, 6) is 2.64. The Labute approximate surface area is 71.3 Å². The molecule has 2 fully saturated rings. The van der Waals surface area contributed by atoms with E-state index >= 15 is 0 Å². The monoisotopic (exact) mass is 161 g/mol. The third-order valence-electron chi connectivity index (χ3n) is 3.39. The van der Waals surface area contributed by atoms with Gasteiger partial charge in [-0.05, 0) is 24.2 Å². The van der Waals surface area contributed by atoms with Gasteiger partial charge in [0.1, 0.15) is 0 Å². The van der Waals surface area contributed by atoms with Crippen LogP contribution in [0, 0.1) is 23.7 Å². The van der Waals surface area contributed by atoms with Crippen molar-refractivity contribution in [1.29, 1.82) is 0 Å². The van der Waals surface area contributed by atoms with E-state index in [1.165, 1.54) is 0 Å². The standard InChI is InChI=1S/C10H11NO/c12-11-8-5-6-3-1-2-4-7-9(6)10(7)8/h1-4,6-7,9-10,12H,5H2/b11-8-/t6-,7+,9-,10+/m1/s1. The zero-order valence-corrected chi connectivity index (χ0v) is 6.72. The maximum atomic E-state index is 8.75. The molecule has 0 aliphatic heterocycles. The van der Waals surface area contributed by atoms with E-state index in [1.807, 2.05) is 0 Å². The summed E-state index contributed by atoms with van der Waals surface area (Å²) in [6.07, 6.45) is 9.71. The van der Waals surface area contributed by atoms with Crippen LogP contribution in [0.25, 0.3) is 0 Å². The number of rotatable bonds is 0. The lowest BCUT2D eigenvalue weighted by molar-refractivity contribution is 0.316. The van der Waals surface area contributed by atoms with Crippen LogP contribution in [0.4, 0.5) is 0 Å². The van der Waals surface area contributed by atoms with Gasteiger partial charge < -0.3 is 5.21 Å². The van der Waals surface area contributed by atoms with Crippen molar-refractivity contribution in [2.45, 2.75) is 6.42 Å². The van der Waals surface area contributed by atoms with Crippen molar-refractivity contribution in [3.8, 4) is 0 Å². The number of oxime groups is 1. The molecule has 0 aromatic heterocycles. The zero-order valence-electron chi connectivity index (χ0n) is 6.72. The fourth-order valence-electron chi connectivity index (χ4n) is 2.82. The van der Waals surface area contributed by atoms with E-state index < -0.39 is 0 Å². The number of nitrogens with zero attached hydrogens (tertiary/aromatic N) is 1. The van der Waals surface area contributed by atoms with Gasteiger partial charge in [-0.1, -0.05) is 29.5 Å². The third kappa shape index (κ3) is 0.631.